The van der Waals surface area contributed by atoms with Gasteiger partial charge in [0.05, 0.1) is 0 Å². The van der Waals surface area contributed by atoms with E-state index in [1.54, 1.807) is 0 Å². The van der Waals surface area contributed by atoms with Gasteiger partial charge in [-0.1, -0.05) is 25.4 Å². The first-order valence-corrected chi connectivity index (χ1v) is 8.47. The number of benzene rings is 1. The second-order valence-electron chi connectivity index (χ2n) is 7.53. The number of hydrogen-bond donors (Lipinski definition) is 1. The van der Waals surface area contributed by atoms with Crippen molar-refractivity contribution in [3.8, 4) is 5.75 Å². The van der Waals surface area contributed by atoms with Crippen LogP contribution < -0.4 is 10.1 Å². The molecule has 1 heterocycles. The molecule has 3 rings (SSSR count). The van der Waals surface area contributed by atoms with Crippen molar-refractivity contribution in [1.29, 1.82) is 0 Å². The van der Waals surface area contributed by atoms with Gasteiger partial charge in [-0.05, 0) is 62.8 Å². The zero-order chi connectivity index (χ0) is 15.1. The Morgan fingerprint density at radius 1 is 1.19 bits per heavy atom. The summed E-state index contributed by atoms with van der Waals surface area (Å²) in [6.07, 6.45) is 7.17. The Balaban J connectivity index is 1.91. The maximum absolute atomic E-state index is 6.52. The summed E-state index contributed by atoms with van der Waals surface area (Å²) in [6.45, 7) is 4.77. The molecule has 1 aliphatic carbocycles. The van der Waals surface area contributed by atoms with Crippen LogP contribution in [-0.2, 0) is 0 Å². The first-order valence-electron chi connectivity index (χ1n) is 8.09. The van der Waals surface area contributed by atoms with Crippen LogP contribution in [0.15, 0.2) is 18.2 Å². The Morgan fingerprint density at radius 2 is 2.00 bits per heavy atom. The Kier molecular flexibility index (Phi) is 3.96. The molecule has 0 bridgehead atoms. The summed E-state index contributed by atoms with van der Waals surface area (Å²) in [5.74, 6) is 1.02. The predicted molar refractivity (Wildman–Crippen MR) is 88.1 cm³/mol. The fourth-order valence-electron chi connectivity index (χ4n) is 3.91. The van der Waals surface area contributed by atoms with Gasteiger partial charge >= 0.3 is 0 Å². The van der Waals surface area contributed by atoms with E-state index in [4.69, 9.17) is 16.3 Å². The smallest absolute Gasteiger partial charge is 0.125 e. The summed E-state index contributed by atoms with van der Waals surface area (Å²) >= 11 is 6.16. The lowest BCUT2D eigenvalue weighted by Gasteiger charge is -2.42. The molecular weight excluding hydrogens is 282 g/mol. The number of halogens is 1. The number of fused-ring (bicyclic) bond motifs is 1. The van der Waals surface area contributed by atoms with Gasteiger partial charge in [0.1, 0.15) is 11.4 Å². The largest absolute Gasteiger partial charge is 0.487 e. The van der Waals surface area contributed by atoms with Gasteiger partial charge in [0.15, 0.2) is 0 Å². The van der Waals surface area contributed by atoms with Gasteiger partial charge in [-0.15, -0.1) is 0 Å². The summed E-state index contributed by atoms with van der Waals surface area (Å²) in [5, 5.41) is 4.25. The quantitative estimate of drug-likeness (QED) is 0.778. The van der Waals surface area contributed by atoms with Crippen molar-refractivity contribution in [3.63, 3.8) is 0 Å². The molecule has 1 aromatic rings. The predicted octanol–water partition coefficient (Wildman–Crippen LogP) is 5.11. The summed E-state index contributed by atoms with van der Waals surface area (Å²) in [5.41, 5.74) is 1.66. The second-order valence-corrected chi connectivity index (χ2v) is 7.97. The second kappa shape index (κ2) is 5.48. The number of hydrogen-bond acceptors (Lipinski definition) is 2. The van der Waals surface area contributed by atoms with Gasteiger partial charge in [0.2, 0.25) is 0 Å². The average Bonchev–Trinajstić information content (AvgIpc) is 2.58. The van der Waals surface area contributed by atoms with Crippen molar-refractivity contribution < 1.29 is 4.74 Å². The van der Waals surface area contributed by atoms with E-state index >= 15 is 0 Å². The lowest BCUT2D eigenvalue weighted by atomic mass is 9.80. The summed E-state index contributed by atoms with van der Waals surface area (Å²) < 4.78 is 6.52. The van der Waals surface area contributed by atoms with Crippen LogP contribution in [0.4, 0.5) is 0 Å². The van der Waals surface area contributed by atoms with E-state index in [-0.39, 0.29) is 5.60 Å². The number of ether oxygens (including phenoxy) is 1. The zero-order valence-electron chi connectivity index (χ0n) is 13.3. The van der Waals surface area contributed by atoms with Crippen LogP contribution in [0.2, 0.25) is 5.02 Å². The van der Waals surface area contributed by atoms with Crippen LogP contribution in [0.1, 0.15) is 64.0 Å². The fraction of sp³-hybridized carbons (Fsp3) is 0.667. The molecule has 1 aromatic carbocycles. The zero-order valence-corrected chi connectivity index (χ0v) is 14.1. The van der Waals surface area contributed by atoms with Crippen molar-refractivity contribution in [2.24, 2.45) is 5.41 Å². The van der Waals surface area contributed by atoms with Crippen LogP contribution in [0, 0.1) is 5.41 Å². The molecule has 2 aliphatic rings. The third kappa shape index (κ3) is 3.07. The summed E-state index contributed by atoms with van der Waals surface area (Å²) in [7, 11) is 2.04. The molecule has 21 heavy (non-hydrogen) atoms. The molecule has 0 amide bonds. The van der Waals surface area contributed by atoms with Crippen molar-refractivity contribution in [3.05, 3.63) is 28.8 Å². The molecule has 3 heteroatoms. The molecule has 1 saturated carbocycles. The topological polar surface area (TPSA) is 21.3 Å². The number of rotatable bonds is 1. The van der Waals surface area contributed by atoms with E-state index in [1.807, 2.05) is 25.2 Å². The first-order chi connectivity index (χ1) is 9.93. The molecule has 1 fully saturated rings. The fourth-order valence-corrected chi connectivity index (χ4v) is 4.09. The highest BCUT2D eigenvalue weighted by Crippen LogP contribution is 2.48. The van der Waals surface area contributed by atoms with Gasteiger partial charge < -0.3 is 10.1 Å². The van der Waals surface area contributed by atoms with Crippen LogP contribution >= 0.6 is 11.6 Å². The van der Waals surface area contributed by atoms with Gasteiger partial charge in [0.25, 0.3) is 0 Å². The van der Waals surface area contributed by atoms with Crippen molar-refractivity contribution >= 4 is 11.6 Å². The maximum Gasteiger partial charge on any atom is 0.125 e. The minimum atomic E-state index is 0.00226. The van der Waals surface area contributed by atoms with Gasteiger partial charge in [-0.25, -0.2) is 0 Å². The Labute approximate surface area is 133 Å². The van der Waals surface area contributed by atoms with Crippen LogP contribution in [0.5, 0.6) is 5.75 Å². The number of nitrogens with one attached hydrogen (secondary N) is 1. The molecule has 1 spiro atoms. The SMILES string of the molecule is CNC1CC2(CCCC(C)(C)CC2)Oc2ccc(Cl)cc21. The molecular formula is C18H26ClNO. The molecule has 1 aliphatic heterocycles. The first kappa shape index (κ1) is 15.2. The van der Waals surface area contributed by atoms with Crippen molar-refractivity contribution in [1.82, 2.24) is 5.32 Å². The lowest BCUT2D eigenvalue weighted by Crippen LogP contribution is -2.43. The molecule has 2 unspecified atom stereocenters. The molecule has 116 valence electrons. The molecule has 0 saturated heterocycles. The highest BCUT2D eigenvalue weighted by Gasteiger charge is 2.43. The average molecular weight is 308 g/mol. The highest BCUT2D eigenvalue weighted by molar-refractivity contribution is 6.30. The van der Waals surface area contributed by atoms with E-state index in [0.717, 1.165) is 30.0 Å². The minimum absolute atomic E-state index is 0.00226. The third-order valence-corrected chi connectivity index (χ3v) is 5.58. The Hall–Kier alpha value is -0.730. The third-order valence-electron chi connectivity index (χ3n) is 5.34. The van der Waals surface area contributed by atoms with Crippen LogP contribution in [0.3, 0.4) is 0 Å². The van der Waals surface area contributed by atoms with Gasteiger partial charge in [-0.3, -0.25) is 0 Å². The Bertz CT molecular complexity index is 528. The normalized spacial score (nSPS) is 31.3. The Morgan fingerprint density at radius 3 is 2.76 bits per heavy atom. The van der Waals surface area contributed by atoms with Gasteiger partial charge in [-0.2, -0.15) is 0 Å². The van der Waals surface area contributed by atoms with E-state index in [0.29, 0.717) is 11.5 Å². The van der Waals surface area contributed by atoms with E-state index in [9.17, 15) is 0 Å². The van der Waals surface area contributed by atoms with Crippen molar-refractivity contribution in [2.75, 3.05) is 7.05 Å². The maximum atomic E-state index is 6.52. The molecule has 2 atom stereocenters. The van der Waals surface area contributed by atoms with Crippen LogP contribution in [-0.4, -0.2) is 12.6 Å². The standard InChI is InChI=1S/C18H26ClNO/c1-17(2)7-4-8-18(10-9-17)12-15(20-3)14-11-13(19)5-6-16(14)21-18/h5-6,11,15,20H,4,7-10,12H2,1-3H3. The summed E-state index contributed by atoms with van der Waals surface area (Å²) in [6, 6.07) is 6.37. The van der Waals surface area contributed by atoms with Crippen molar-refractivity contribution in [2.45, 2.75) is 64.0 Å². The van der Waals surface area contributed by atoms with Crippen LogP contribution in [0.25, 0.3) is 0 Å². The molecule has 0 aromatic heterocycles. The van der Waals surface area contributed by atoms with Gasteiger partial charge in [0, 0.05) is 23.0 Å². The van der Waals surface area contributed by atoms with E-state index in [2.05, 4.69) is 19.2 Å². The lowest BCUT2D eigenvalue weighted by molar-refractivity contribution is 0.0148. The molecule has 2 nitrogen and oxygen atoms in total. The summed E-state index contributed by atoms with van der Waals surface area (Å²) in [4.78, 5) is 0. The highest BCUT2D eigenvalue weighted by atomic mass is 35.5. The molecule has 0 radical (unpaired) electrons. The van der Waals surface area contributed by atoms with E-state index in [1.165, 1.54) is 24.8 Å². The minimum Gasteiger partial charge on any atom is -0.487 e. The monoisotopic (exact) mass is 307 g/mol. The van der Waals surface area contributed by atoms with E-state index < -0.39 is 0 Å². The molecule has 1 N–H and O–H groups in total.